The van der Waals surface area contributed by atoms with Crippen molar-refractivity contribution < 1.29 is 4.42 Å². The number of hydrogen-bond donors (Lipinski definition) is 0. The van der Waals surface area contributed by atoms with Crippen molar-refractivity contribution in [2.75, 3.05) is 0 Å². The van der Waals surface area contributed by atoms with Crippen molar-refractivity contribution in [1.82, 2.24) is 10.2 Å². The average molecular weight is 118 g/mol. The fraction of sp³-hybridized carbons (Fsp3) is 0. The Labute approximate surface area is 45.3 Å². The molecule has 1 heterocycles. The van der Waals surface area contributed by atoms with Crippen LogP contribution in [0.4, 0.5) is 0 Å². The first-order valence-corrected chi connectivity index (χ1v) is 1.98. The Morgan fingerprint density at radius 3 is 2.43 bits per heavy atom. The molecule has 0 aliphatic heterocycles. The molecule has 0 aliphatic carbocycles. The molecule has 1 rings (SSSR count). The lowest BCUT2D eigenvalue weighted by atomic mass is 10.8. The van der Waals surface area contributed by atoms with Crippen molar-refractivity contribution >= 4 is 11.6 Å². The lowest BCUT2D eigenvalue weighted by Crippen LogP contribution is -1.66. The van der Waals surface area contributed by atoms with Crippen LogP contribution in [-0.4, -0.2) is 10.2 Å². The number of aromatic nitrogens is 2. The summed E-state index contributed by atoms with van der Waals surface area (Å²) in [5.41, 5.74) is 0. The van der Waals surface area contributed by atoms with Gasteiger partial charge < -0.3 is 4.42 Å². The zero-order valence-corrected chi connectivity index (χ0v) is 4.14. The molecule has 0 spiro atoms. The molecule has 0 unspecified atom stereocenters. The molecule has 4 heteroatoms. The number of nitrogens with zero attached hydrogens (tertiary/aromatic N) is 2. The Morgan fingerprint density at radius 2 is 2.29 bits per heavy atom. The van der Waals surface area contributed by atoms with Crippen LogP contribution in [0.15, 0.2) is 4.42 Å². The van der Waals surface area contributed by atoms with E-state index in [4.69, 9.17) is 11.6 Å². The van der Waals surface area contributed by atoms with Crippen molar-refractivity contribution in [3.63, 3.8) is 0 Å². The van der Waals surface area contributed by atoms with Crippen LogP contribution in [0.3, 0.4) is 0 Å². The Balaban J connectivity index is 3.04. The normalized spacial score (nSPS) is 9.43. The van der Waals surface area contributed by atoms with Gasteiger partial charge in [0.1, 0.15) is 0 Å². The molecule has 0 aromatic carbocycles. The lowest BCUT2D eigenvalue weighted by Gasteiger charge is -1.67. The maximum Gasteiger partial charge on any atom is 0.312 e. The van der Waals surface area contributed by atoms with E-state index in [0.29, 0.717) is 0 Å². The second kappa shape index (κ2) is 1.50. The monoisotopic (exact) mass is 117 g/mol. The SMILES string of the molecule is [CH2]c1nnc(Cl)o1. The summed E-state index contributed by atoms with van der Waals surface area (Å²) >= 11 is 5.18. The smallest absolute Gasteiger partial charge is 0.312 e. The molecule has 0 amide bonds. The summed E-state index contributed by atoms with van der Waals surface area (Å²) in [6, 6.07) is 0. The highest BCUT2D eigenvalue weighted by Gasteiger charge is 1.92. The first-order chi connectivity index (χ1) is 3.29. The first-order valence-electron chi connectivity index (χ1n) is 1.60. The maximum absolute atomic E-state index is 5.18. The van der Waals surface area contributed by atoms with Crippen molar-refractivity contribution in [1.29, 1.82) is 0 Å². The third-order valence-corrected chi connectivity index (χ3v) is 0.595. The van der Waals surface area contributed by atoms with Crippen molar-refractivity contribution in [3.05, 3.63) is 18.2 Å². The van der Waals surface area contributed by atoms with Gasteiger partial charge >= 0.3 is 5.35 Å². The standard InChI is InChI=1S/C3H2ClN2O/c1-2-5-6-3(4)7-2/h1H2. The Hall–Kier alpha value is -0.570. The second-order valence-corrected chi connectivity index (χ2v) is 1.27. The molecule has 0 fully saturated rings. The number of hydrogen-bond acceptors (Lipinski definition) is 3. The molecule has 0 saturated heterocycles. The summed E-state index contributed by atoms with van der Waals surface area (Å²) in [4.78, 5) is 0. The number of halogens is 1. The average Bonchev–Trinajstić information content (AvgIpc) is 1.87. The van der Waals surface area contributed by atoms with Crippen molar-refractivity contribution in [2.24, 2.45) is 0 Å². The molecule has 1 radical (unpaired) electrons. The van der Waals surface area contributed by atoms with Gasteiger partial charge in [0.2, 0.25) is 5.89 Å². The highest BCUT2D eigenvalue weighted by Crippen LogP contribution is 2.02. The maximum atomic E-state index is 5.18. The zero-order chi connectivity index (χ0) is 5.28. The van der Waals surface area contributed by atoms with E-state index in [2.05, 4.69) is 21.5 Å². The minimum absolute atomic E-state index is 0.0324. The van der Waals surface area contributed by atoms with E-state index in [-0.39, 0.29) is 11.2 Å². The summed E-state index contributed by atoms with van der Waals surface area (Å²) < 4.78 is 4.52. The van der Waals surface area contributed by atoms with Crippen LogP contribution < -0.4 is 0 Å². The fourth-order valence-corrected chi connectivity index (χ4v) is 0.360. The molecular weight excluding hydrogens is 115 g/mol. The summed E-state index contributed by atoms with van der Waals surface area (Å²) in [5.74, 6) is 0.241. The van der Waals surface area contributed by atoms with Gasteiger partial charge in [0, 0.05) is 6.92 Å². The lowest BCUT2D eigenvalue weighted by molar-refractivity contribution is 0.536. The van der Waals surface area contributed by atoms with Gasteiger partial charge in [-0.05, 0) is 11.6 Å². The highest BCUT2D eigenvalue weighted by molar-refractivity contribution is 6.27. The summed E-state index contributed by atoms with van der Waals surface area (Å²) in [6.07, 6.45) is 0. The van der Waals surface area contributed by atoms with Crippen LogP contribution in [0.1, 0.15) is 5.89 Å². The van der Waals surface area contributed by atoms with Crippen molar-refractivity contribution in [3.8, 4) is 0 Å². The molecule has 1 aromatic heterocycles. The Bertz CT molecular complexity index is 145. The topological polar surface area (TPSA) is 38.9 Å². The second-order valence-electron chi connectivity index (χ2n) is 0.949. The van der Waals surface area contributed by atoms with Gasteiger partial charge in [-0.2, -0.15) is 0 Å². The fourth-order valence-electron chi connectivity index (χ4n) is 0.233. The Morgan fingerprint density at radius 1 is 1.57 bits per heavy atom. The van der Waals surface area contributed by atoms with E-state index in [1.165, 1.54) is 0 Å². The molecule has 7 heavy (non-hydrogen) atoms. The minimum Gasteiger partial charge on any atom is -0.412 e. The Kier molecular flexibility index (Phi) is 0.982. The summed E-state index contributed by atoms with van der Waals surface area (Å²) in [5, 5.41) is 6.69. The predicted octanol–water partition coefficient (Wildman–Crippen LogP) is 0.905. The van der Waals surface area contributed by atoms with E-state index < -0.39 is 0 Å². The minimum atomic E-state index is 0.0324. The molecular formula is C3H2ClN2O. The van der Waals surface area contributed by atoms with Gasteiger partial charge in [0.25, 0.3) is 0 Å². The molecule has 3 nitrogen and oxygen atoms in total. The van der Waals surface area contributed by atoms with Gasteiger partial charge in [-0.1, -0.05) is 5.10 Å². The van der Waals surface area contributed by atoms with Crippen LogP contribution in [-0.2, 0) is 0 Å². The summed E-state index contributed by atoms with van der Waals surface area (Å²) in [7, 11) is 0. The van der Waals surface area contributed by atoms with Crippen molar-refractivity contribution in [2.45, 2.75) is 0 Å². The molecule has 0 N–H and O–H groups in total. The van der Waals surface area contributed by atoms with Crippen LogP contribution in [0.5, 0.6) is 0 Å². The molecule has 37 valence electrons. The van der Waals surface area contributed by atoms with E-state index in [1.54, 1.807) is 0 Å². The van der Waals surface area contributed by atoms with Crippen LogP contribution in [0, 0.1) is 6.92 Å². The quantitative estimate of drug-likeness (QED) is 0.507. The first kappa shape index (κ1) is 4.59. The van der Waals surface area contributed by atoms with Gasteiger partial charge in [0.05, 0.1) is 0 Å². The van der Waals surface area contributed by atoms with E-state index in [0.717, 1.165) is 0 Å². The van der Waals surface area contributed by atoms with Gasteiger partial charge in [-0.15, -0.1) is 5.10 Å². The van der Waals surface area contributed by atoms with Crippen LogP contribution in [0.2, 0.25) is 5.35 Å². The summed E-state index contributed by atoms with van der Waals surface area (Å²) in [6.45, 7) is 3.32. The molecule has 0 atom stereocenters. The predicted molar refractivity (Wildman–Crippen MR) is 23.8 cm³/mol. The van der Waals surface area contributed by atoms with E-state index >= 15 is 0 Å². The van der Waals surface area contributed by atoms with E-state index in [1.807, 2.05) is 0 Å². The van der Waals surface area contributed by atoms with Crippen LogP contribution in [0.25, 0.3) is 0 Å². The zero-order valence-electron chi connectivity index (χ0n) is 3.39. The molecule has 0 saturated carbocycles. The third-order valence-electron chi connectivity index (χ3n) is 0.442. The third kappa shape index (κ3) is 0.899. The highest BCUT2D eigenvalue weighted by atomic mass is 35.5. The van der Waals surface area contributed by atoms with Gasteiger partial charge in [-0.25, -0.2) is 0 Å². The van der Waals surface area contributed by atoms with Gasteiger partial charge in [0.15, 0.2) is 0 Å². The van der Waals surface area contributed by atoms with Crippen LogP contribution >= 0.6 is 11.6 Å². The van der Waals surface area contributed by atoms with E-state index in [9.17, 15) is 0 Å². The molecule has 0 aliphatic rings. The number of rotatable bonds is 0. The molecule has 1 aromatic rings. The largest absolute Gasteiger partial charge is 0.412 e. The van der Waals surface area contributed by atoms with Gasteiger partial charge in [-0.3, -0.25) is 0 Å². The molecule has 0 bridgehead atoms.